The Bertz CT molecular complexity index is 814. The highest BCUT2D eigenvalue weighted by atomic mass is 16.5. The van der Waals surface area contributed by atoms with E-state index in [1.807, 2.05) is 36.9 Å². The minimum atomic E-state index is 0.295. The van der Waals surface area contributed by atoms with Crippen LogP contribution in [0.4, 0.5) is 0 Å². The van der Waals surface area contributed by atoms with Crippen molar-refractivity contribution < 1.29 is 4.74 Å². The quantitative estimate of drug-likeness (QED) is 0.661. The second-order valence-corrected chi connectivity index (χ2v) is 6.68. The molecule has 1 aliphatic rings. The molecule has 1 atom stereocenters. The van der Waals surface area contributed by atoms with E-state index < -0.39 is 0 Å². The first-order valence-corrected chi connectivity index (χ1v) is 9.04. The molecule has 7 heteroatoms. The highest BCUT2D eigenvalue weighted by Gasteiger charge is 2.26. The van der Waals surface area contributed by atoms with Crippen LogP contribution in [0.2, 0.25) is 0 Å². The molecule has 136 valence electrons. The van der Waals surface area contributed by atoms with E-state index in [-0.39, 0.29) is 0 Å². The fraction of sp³-hybridized carbons (Fsp3) is 0.421. The Balaban J connectivity index is 1.33. The van der Waals surface area contributed by atoms with Gasteiger partial charge in [0.1, 0.15) is 5.82 Å². The minimum absolute atomic E-state index is 0.295. The van der Waals surface area contributed by atoms with Crippen LogP contribution in [-0.2, 0) is 30.9 Å². The van der Waals surface area contributed by atoms with Crippen LogP contribution in [0.5, 0.6) is 0 Å². The third-order valence-electron chi connectivity index (χ3n) is 4.94. The SMILES string of the molecule is C[C@@H]1c2ncc(CCOCc3cccnc3)n2CCN1Cc1cn[nH]c1. The highest BCUT2D eigenvalue weighted by Crippen LogP contribution is 2.26. The summed E-state index contributed by atoms with van der Waals surface area (Å²) in [5.41, 5.74) is 3.56. The van der Waals surface area contributed by atoms with Crippen molar-refractivity contribution in [3.8, 4) is 0 Å². The van der Waals surface area contributed by atoms with Gasteiger partial charge in [0, 0.05) is 62.1 Å². The van der Waals surface area contributed by atoms with E-state index in [1.165, 1.54) is 11.3 Å². The molecule has 0 unspecified atom stereocenters. The molecule has 1 aliphatic heterocycles. The summed E-state index contributed by atoms with van der Waals surface area (Å²) in [6.07, 6.45) is 10.3. The molecule has 0 amide bonds. The lowest BCUT2D eigenvalue weighted by molar-refractivity contribution is 0.120. The monoisotopic (exact) mass is 352 g/mol. The van der Waals surface area contributed by atoms with Gasteiger partial charge in [-0.2, -0.15) is 5.10 Å². The van der Waals surface area contributed by atoms with Gasteiger partial charge in [0.15, 0.2) is 0 Å². The Kier molecular flexibility index (Phi) is 5.08. The first kappa shape index (κ1) is 16.9. The fourth-order valence-corrected chi connectivity index (χ4v) is 3.47. The highest BCUT2D eigenvalue weighted by molar-refractivity contribution is 5.13. The van der Waals surface area contributed by atoms with Crippen molar-refractivity contribution in [3.05, 3.63) is 65.8 Å². The summed E-state index contributed by atoms with van der Waals surface area (Å²) in [6.45, 7) is 6.39. The van der Waals surface area contributed by atoms with Crippen molar-refractivity contribution in [2.24, 2.45) is 0 Å². The van der Waals surface area contributed by atoms with Gasteiger partial charge in [-0.1, -0.05) is 6.07 Å². The third-order valence-corrected chi connectivity index (χ3v) is 4.94. The smallest absolute Gasteiger partial charge is 0.126 e. The van der Waals surface area contributed by atoms with Crippen LogP contribution in [0.3, 0.4) is 0 Å². The summed E-state index contributed by atoms with van der Waals surface area (Å²) in [7, 11) is 0. The number of ether oxygens (including phenoxy) is 1. The average molecular weight is 352 g/mol. The molecule has 0 aliphatic carbocycles. The molecule has 3 aromatic heterocycles. The summed E-state index contributed by atoms with van der Waals surface area (Å²) in [5.74, 6) is 1.14. The number of nitrogens with one attached hydrogen (secondary N) is 1. The van der Waals surface area contributed by atoms with E-state index in [9.17, 15) is 0 Å². The molecule has 4 rings (SSSR count). The molecule has 7 nitrogen and oxygen atoms in total. The number of aromatic amines is 1. The lowest BCUT2D eigenvalue weighted by Gasteiger charge is -2.34. The van der Waals surface area contributed by atoms with Gasteiger partial charge in [-0.25, -0.2) is 4.98 Å². The predicted molar refractivity (Wildman–Crippen MR) is 97.2 cm³/mol. The topological polar surface area (TPSA) is 71.9 Å². The molecule has 0 fully saturated rings. The van der Waals surface area contributed by atoms with Crippen molar-refractivity contribution in [2.75, 3.05) is 13.2 Å². The van der Waals surface area contributed by atoms with Gasteiger partial charge in [0.25, 0.3) is 0 Å². The van der Waals surface area contributed by atoms with Gasteiger partial charge in [-0.15, -0.1) is 0 Å². The van der Waals surface area contributed by atoms with Crippen molar-refractivity contribution in [3.63, 3.8) is 0 Å². The van der Waals surface area contributed by atoms with Gasteiger partial charge in [0.2, 0.25) is 0 Å². The van der Waals surface area contributed by atoms with E-state index in [0.29, 0.717) is 19.3 Å². The van der Waals surface area contributed by atoms with Gasteiger partial charge in [-0.05, 0) is 18.6 Å². The van der Waals surface area contributed by atoms with E-state index in [0.717, 1.165) is 37.4 Å². The van der Waals surface area contributed by atoms with Gasteiger partial charge in [0.05, 0.1) is 25.5 Å². The first-order chi connectivity index (χ1) is 12.8. The molecule has 0 aromatic carbocycles. The molecule has 4 heterocycles. The molecule has 0 saturated heterocycles. The van der Waals surface area contributed by atoms with Gasteiger partial charge < -0.3 is 9.30 Å². The van der Waals surface area contributed by atoms with Crippen molar-refractivity contribution in [2.45, 2.75) is 39.1 Å². The summed E-state index contributed by atoms with van der Waals surface area (Å²) in [5, 5.41) is 6.92. The van der Waals surface area contributed by atoms with Gasteiger partial charge >= 0.3 is 0 Å². The number of imidazole rings is 1. The maximum atomic E-state index is 5.80. The lowest BCUT2D eigenvalue weighted by atomic mass is 10.2. The molecule has 1 N–H and O–H groups in total. The Morgan fingerprint density at radius 1 is 1.23 bits per heavy atom. The van der Waals surface area contributed by atoms with Crippen LogP contribution in [0.15, 0.2) is 43.1 Å². The van der Waals surface area contributed by atoms with Crippen molar-refractivity contribution in [1.82, 2.24) is 29.6 Å². The summed E-state index contributed by atoms with van der Waals surface area (Å²) in [6, 6.07) is 4.26. The molecule has 0 bridgehead atoms. The fourth-order valence-electron chi connectivity index (χ4n) is 3.47. The van der Waals surface area contributed by atoms with E-state index in [1.54, 1.807) is 6.20 Å². The summed E-state index contributed by atoms with van der Waals surface area (Å²) < 4.78 is 8.15. The van der Waals surface area contributed by atoms with E-state index in [4.69, 9.17) is 4.74 Å². The Hall–Kier alpha value is -2.51. The zero-order chi connectivity index (χ0) is 17.8. The molecule has 0 saturated carbocycles. The van der Waals surface area contributed by atoms with Crippen molar-refractivity contribution in [1.29, 1.82) is 0 Å². The van der Waals surface area contributed by atoms with Crippen molar-refractivity contribution >= 4 is 0 Å². The molecule has 26 heavy (non-hydrogen) atoms. The van der Waals surface area contributed by atoms with Crippen LogP contribution in [0, 0.1) is 0 Å². The number of pyridine rings is 1. The number of H-pyrrole nitrogens is 1. The first-order valence-electron chi connectivity index (χ1n) is 9.04. The van der Waals surface area contributed by atoms with E-state index >= 15 is 0 Å². The lowest BCUT2D eigenvalue weighted by Crippen LogP contribution is -2.37. The zero-order valence-electron chi connectivity index (χ0n) is 15.0. The maximum Gasteiger partial charge on any atom is 0.126 e. The molecule has 0 spiro atoms. The Morgan fingerprint density at radius 2 is 2.19 bits per heavy atom. The second kappa shape index (κ2) is 7.80. The van der Waals surface area contributed by atoms with Crippen LogP contribution in [0.1, 0.15) is 35.6 Å². The van der Waals surface area contributed by atoms with Gasteiger partial charge in [-0.3, -0.25) is 15.0 Å². The molecule has 0 radical (unpaired) electrons. The van der Waals surface area contributed by atoms with Crippen LogP contribution >= 0.6 is 0 Å². The Labute approximate surface area is 153 Å². The number of hydrogen-bond donors (Lipinski definition) is 1. The Morgan fingerprint density at radius 3 is 3.00 bits per heavy atom. The third kappa shape index (κ3) is 3.68. The normalized spacial score (nSPS) is 17.3. The largest absolute Gasteiger partial charge is 0.376 e. The number of aromatic nitrogens is 5. The molecular weight excluding hydrogens is 328 g/mol. The van der Waals surface area contributed by atoms with E-state index in [2.05, 4.69) is 36.6 Å². The van der Waals surface area contributed by atoms with Crippen LogP contribution < -0.4 is 0 Å². The number of hydrogen-bond acceptors (Lipinski definition) is 5. The summed E-state index contributed by atoms with van der Waals surface area (Å²) >= 11 is 0. The predicted octanol–water partition coefficient (Wildman–Crippen LogP) is 2.34. The number of nitrogens with zero attached hydrogens (tertiary/aromatic N) is 5. The summed E-state index contributed by atoms with van der Waals surface area (Å²) in [4.78, 5) is 11.2. The molecular formula is C19H24N6O. The van der Waals surface area contributed by atoms with Crippen LogP contribution in [-0.4, -0.2) is 42.8 Å². The maximum absolute atomic E-state index is 5.80. The number of rotatable bonds is 7. The second-order valence-electron chi connectivity index (χ2n) is 6.68. The zero-order valence-corrected chi connectivity index (χ0v) is 15.0. The van der Waals surface area contributed by atoms with Crippen LogP contribution in [0.25, 0.3) is 0 Å². The molecule has 3 aromatic rings. The average Bonchev–Trinajstić information content (AvgIpc) is 3.32. The standard InChI is InChI=1S/C19H24N6O/c1-15-19-21-12-18(4-8-26-14-16-3-2-5-20-9-16)25(19)7-6-24(15)13-17-10-22-23-11-17/h2-3,5,9-12,15H,4,6-8,13-14H2,1H3,(H,22,23)/t15-/m1/s1. The minimum Gasteiger partial charge on any atom is -0.376 e. The number of fused-ring (bicyclic) bond motifs is 1.